The molecule has 21 heavy (non-hydrogen) atoms. The van der Waals surface area contributed by atoms with Crippen LogP contribution >= 0.6 is 0 Å². The highest BCUT2D eigenvalue weighted by atomic mass is 16.5. The molecule has 5 nitrogen and oxygen atoms in total. The van der Waals surface area contributed by atoms with Crippen molar-refractivity contribution < 1.29 is 4.74 Å². The number of nitrogens with zero attached hydrogens (tertiary/aromatic N) is 3. The normalized spacial score (nSPS) is 14.4. The second kappa shape index (κ2) is 5.99. The molecule has 0 amide bonds. The van der Waals surface area contributed by atoms with Gasteiger partial charge in [-0.05, 0) is 30.9 Å². The Hall–Kier alpha value is -2.30. The lowest BCUT2D eigenvalue weighted by Gasteiger charge is -2.23. The van der Waals surface area contributed by atoms with Gasteiger partial charge in [0.25, 0.3) is 0 Å². The van der Waals surface area contributed by atoms with Crippen molar-refractivity contribution in [2.75, 3.05) is 23.8 Å². The third-order valence-corrected chi connectivity index (χ3v) is 3.76. The minimum Gasteiger partial charge on any atom is -0.476 e. The van der Waals surface area contributed by atoms with Crippen LogP contribution in [-0.4, -0.2) is 23.1 Å². The van der Waals surface area contributed by atoms with E-state index in [0.717, 1.165) is 31.7 Å². The van der Waals surface area contributed by atoms with Gasteiger partial charge in [0, 0.05) is 13.1 Å². The maximum atomic E-state index is 6.18. The van der Waals surface area contributed by atoms with E-state index in [9.17, 15) is 0 Å². The fourth-order valence-electron chi connectivity index (χ4n) is 2.76. The fraction of sp³-hybridized carbons (Fsp3) is 0.375. The van der Waals surface area contributed by atoms with Crippen molar-refractivity contribution >= 4 is 11.5 Å². The summed E-state index contributed by atoms with van der Waals surface area (Å²) < 4.78 is 5.47. The molecule has 0 fully saturated rings. The summed E-state index contributed by atoms with van der Waals surface area (Å²) in [6, 6.07) is 8.56. The van der Waals surface area contributed by atoms with Gasteiger partial charge >= 0.3 is 0 Å². The van der Waals surface area contributed by atoms with Gasteiger partial charge in [-0.15, -0.1) is 0 Å². The molecular formula is C16H20N4O. The van der Waals surface area contributed by atoms with Gasteiger partial charge < -0.3 is 15.4 Å². The Morgan fingerprint density at radius 3 is 2.86 bits per heavy atom. The zero-order valence-electron chi connectivity index (χ0n) is 12.2. The monoisotopic (exact) mass is 284 g/mol. The van der Waals surface area contributed by atoms with Gasteiger partial charge in [-0.25, -0.2) is 4.98 Å². The van der Waals surface area contributed by atoms with Gasteiger partial charge in [0.2, 0.25) is 5.88 Å². The van der Waals surface area contributed by atoms with Crippen LogP contribution in [0.2, 0.25) is 0 Å². The van der Waals surface area contributed by atoms with Gasteiger partial charge in [-0.2, -0.15) is 4.98 Å². The van der Waals surface area contributed by atoms with Gasteiger partial charge in [0.05, 0.1) is 6.61 Å². The van der Waals surface area contributed by atoms with Crippen molar-refractivity contribution in [1.82, 2.24) is 9.97 Å². The highest BCUT2D eigenvalue weighted by molar-refractivity contribution is 5.68. The molecule has 0 unspecified atom stereocenters. The van der Waals surface area contributed by atoms with Crippen LogP contribution in [0.4, 0.5) is 11.5 Å². The number of nitrogens with two attached hydrogens (primary N) is 1. The van der Waals surface area contributed by atoms with Crippen LogP contribution in [0.15, 0.2) is 30.6 Å². The molecule has 0 radical (unpaired) electrons. The highest BCUT2D eigenvalue weighted by Crippen LogP contribution is 2.30. The summed E-state index contributed by atoms with van der Waals surface area (Å²) in [6.07, 6.45) is 3.70. The summed E-state index contributed by atoms with van der Waals surface area (Å²) in [6.45, 7) is 4.22. The summed E-state index contributed by atoms with van der Waals surface area (Å²) in [5, 5.41) is 0. The molecule has 5 heteroatoms. The second-order valence-corrected chi connectivity index (χ2v) is 5.14. The van der Waals surface area contributed by atoms with Crippen molar-refractivity contribution in [2.24, 2.45) is 0 Å². The van der Waals surface area contributed by atoms with E-state index in [-0.39, 0.29) is 0 Å². The molecule has 2 aromatic rings. The van der Waals surface area contributed by atoms with Crippen molar-refractivity contribution in [2.45, 2.75) is 26.3 Å². The predicted molar refractivity (Wildman–Crippen MR) is 83.4 cm³/mol. The minimum absolute atomic E-state index is 0.472. The Balaban J connectivity index is 1.92. The molecule has 0 spiro atoms. The zero-order valence-corrected chi connectivity index (χ0v) is 12.2. The zero-order chi connectivity index (χ0) is 14.7. The second-order valence-electron chi connectivity index (χ2n) is 5.14. The molecule has 1 aliphatic heterocycles. The molecule has 0 saturated carbocycles. The molecule has 110 valence electrons. The molecule has 0 atom stereocenters. The van der Waals surface area contributed by atoms with E-state index >= 15 is 0 Å². The number of aromatic nitrogens is 2. The Kier molecular flexibility index (Phi) is 3.90. The molecule has 1 aliphatic rings. The van der Waals surface area contributed by atoms with Crippen LogP contribution in [-0.2, 0) is 13.0 Å². The van der Waals surface area contributed by atoms with E-state index < -0.39 is 0 Å². The van der Waals surface area contributed by atoms with Crippen LogP contribution in [0.3, 0.4) is 0 Å². The Morgan fingerprint density at radius 2 is 2.05 bits per heavy atom. The van der Waals surface area contributed by atoms with E-state index in [4.69, 9.17) is 10.5 Å². The summed E-state index contributed by atoms with van der Waals surface area (Å²) in [7, 11) is 0. The molecule has 0 saturated heterocycles. The number of anilines is 2. The number of aryl methyl sites for hydroxylation is 1. The van der Waals surface area contributed by atoms with Gasteiger partial charge in [-0.1, -0.05) is 24.3 Å². The van der Waals surface area contributed by atoms with Crippen molar-refractivity contribution in [3.8, 4) is 5.88 Å². The summed E-state index contributed by atoms with van der Waals surface area (Å²) in [5.41, 5.74) is 9.46. The van der Waals surface area contributed by atoms with Crippen LogP contribution in [0, 0.1) is 0 Å². The lowest BCUT2D eigenvalue weighted by atomic mass is 10.0. The van der Waals surface area contributed by atoms with Gasteiger partial charge in [0.1, 0.15) is 12.0 Å². The van der Waals surface area contributed by atoms with Crippen LogP contribution < -0.4 is 15.4 Å². The number of fused-ring (bicyclic) bond motifs is 1. The summed E-state index contributed by atoms with van der Waals surface area (Å²) in [4.78, 5) is 10.7. The number of hydrogen-bond donors (Lipinski definition) is 1. The first-order valence-electron chi connectivity index (χ1n) is 7.34. The molecule has 1 aromatic heterocycles. The van der Waals surface area contributed by atoms with E-state index in [1.165, 1.54) is 17.5 Å². The predicted octanol–water partition coefficient (Wildman–Crippen LogP) is 2.41. The first kappa shape index (κ1) is 13.7. The average Bonchev–Trinajstić information content (AvgIpc) is 2.72. The number of nitrogen functional groups attached to an aromatic ring is 1. The first-order chi connectivity index (χ1) is 10.3. The number of hydrogen-bond acceptors (Lipinski definition) is 5. The lowest BCUT2D eigenvalue weighted by molar-refractivity contribution is 0.328. The minimum atomic E-state index is 0.472. The molecule has 2 N–H and O–H groups in total. The fourth-order valence-corrected chi connectivity index (χ4v) is 2.76. The van der Waals surface area contributed by atoms with Crippen LogP contribution in [0.25, 0.3) is 0 Å². The Labute approximate surface area is 124 Å². The summed E-state index contributed by atoms with van der Waals surface area (Å²) >= 11 is 0. The van der Waals surface area contributed by atoms with Gasteiger partial charge in [0.15, 0.2) is 5.82 Å². The maximum Gasteiger partial charge on any atom is 0.242 e. The Bertz CT molecular complexity index is 629. The third-order valence-electron chi connectivity index (χ3n) is 3.76. The standard InChI is InChI=1S/C16H20N4O/c1-2-21-16-14(17)15(18-11-19-16)20-9-5-8-12-6-3-4-7-13(12)10-20/h3-4,6-7,11H,2,5,8-10,17H2,1H3. The van der Waals surface area contributed by atoms with Crippen molar-refractivity contribution in [3.05, 3.63) is 41.7 Å². The lowest BCUT2D eigenvalue weighted by Crippen LogP contribution is -2.25. The molecule has 2 heterocycles. The maximum absolute atomic E-state index is 6.18. The van der Waals surface area contributed by atoms with E-state index in [2.05, 4.69) is 39.1 Å². The highest BCUT2D eigenvalue weighted by Gasteiger charge is 2.19. The van der Waals surface area contributed by atoms with Crippen molar-refractivity contribution in [3.63, 3.8) is 0 Å². The number of rotatable bonds is 3. The molecule has 3 rings (SSSR count). The van der Waals surface area contributed by atoms with Crippen LogP contribution in [0.1, 0.15) is 24.5 Å². The first-order valence-corrected chi connectivity index (χ1v) is 7.34. The summed E-state index contributed by atoms with van der Waals surface area (Å²) in [5.74, 6) is 1.24. The van der Waals surface area contributed by atoms with E-state index in [1.807, 2.05) is 6.92 Å². The third kappa shape index (κ3) is 2.77. The smallest absolute Gasteiger partial charge is 0.242 e. The van der Waals surface area contributed by atoms with E-state index in [0.29, 0.717) is 18.2 Å². The largest absolute Gasteiger partial charge is 0.476 e. The Morgan fingerprint density at radius 1 is 1.24 bits per heavy atom. The number of benzene rings is 1. The number of ether oxygens (including phenoxy) is 1. The molecule has 0 aliphatic carbocycles. The SMILES string of the molecule is CCOc1ncnc(N2CCCc3ccccc3C2)c1N. The molecule has 0 bridgehead atoms. The average molecular weight is 284 g/mol. The molecular weight excluding hydrogens is 264 g/mol. The van der Waals surface area contributed by atoms with Crippen LogP contribution in [0.5, 0.6) is 5.88 Å². The van der Waals surface area contributed by atoms with E-state index in [1.54, 1.807) is 0 Å². The van der Waals surface area contributed by atoms with Crippen molar-refractivity contribution in [1.29, 1.82) is 0 Å². The quantitative estimate of drug-likeness (QED) is 0.937. The van der Waals surface area contributed by atoms with Gasteiger partial charge in [-0.3, -0.25) is 0 Å². The topological polar surface area (TPSA) is 64.3 Å². The molecule has 1 aromatic carbocycles.